The van der Waals surface area contributed by atoms with Gasteiger partial charge in [0.2, 0.25) is 5.88 Å². The smallest absolute Gasteiger partial charge is 0.242 e. The fourth-order valence-corrected chi connectivity index (χ4v) is 2.52. The molecular formula is C13H22N4O. The molecule has 3 N–H and O–H groups in total. The molecule has 0 saturated heterocycles. The van der Waals surface area contributed by atoms with Crippen LogP contribution < -0.4 is 15.8 Å². The Morgan fingerprint density at radius 2 is 2.28 bits per heavy atom. The van der Waals surface area contributed by atoms with E-state index in [0.717, 1.165) is 18.4 Å². The minimum Gasteiger partial charge on any atom is -0.476 e. The zero-order chi connectivity index (χ0) is 13.0. The van der Waals surface area contributed by atoms with Crippen molar-refractivity contribution in [2.45, 2.75) is 33.1 Å². The average molecular weight is 250 g/mol. The summed E-state index contributed by atoms with van der Waals surface area (Å²) in [7, 11) is 0. The molecule has 1 aliphatic carbocycles. The topological polar surface area (TPSA) is 73.1 Å². The van der Waals surface area contributed by atoms with Crippen molar-refractivity contribution in [1.29, 1.82) is 0 Å². The summed E-state index contributed by atoms with van der Waals surface area (Å²) in [5, 5.41) is 3.32. The molecule has 0 radical (unpaired) electrons. The first-order valence-corrected chi connectivity index (χ1v) is 6.67. The third kappa shape index (κ3) is 3.03. The molecule has 0 spiro atoms. The Bertz CT molecular complexity index is 397. The Labute approximate surface area is 108 Å². The van der Waals surface area contributed by atoms with E-state index in [1.54, 1.807) is 0 Å². The fraction of sp³-hybridized carbons (Fsp3) is 0.692. The van der Waals surface area contributed by atoms with Gasteiger partial charge in [-0.2, -0.15) is 4.98 Å². The summed E-state index contributed by atoms with van der Waals surface area (Å²) >= 11 is 0. The van der Waals surface area contributed by atoms with Crippen LogP contribution in [0.15, 0.2) is 6.33 Å². The third-order valence-corrected chi connectivity index (χ3v) is 3.49. The number of nitrogen functional groups attached to an aromatic ring is 1. The summed E-state index contributed by atoms with van der Waals surface area (Å²) < 4.78 is 5.35. The van der Waals surface area contributed by atoms with Crippen LogP contribution in [0.3, 0.4) is 0 Å². The van der Waals surface area contributed by atoms with E-state index in [0.29, 0.717) is 24.0 Å². The number of rotatable bonds is 5. The SMILES string of the molecule is CCOc1ncnc(NCC2CCC(C)C2)c1N. The van der Waals surface area contributed by atoms with E-state index >= 15 is 0 Å². The van der Waals surface area contributed by atoms with Gasteiger partial charge >= 0.3 is 0 Å². The molecule has 2 rings (SSSR count). The molecule has 18 heavy (non-hydrogen) atoms. The van der Waals surface area contributed by atoms with E-state index in [1.165, 1.54) is 25.6 Å². The number of ether oxygens (including phenoxy) is 1. The Morgan fingerprint density at radius 3 is 2.94 bits per heavy atom. The molecule has 0 aliphatic heterocycles. The molecule has 1 aromatic rings. The van der Waals surface area contributed by atoms with Crippen molar-refractivity contribution in [3.63, 3.8) is 0 Å². The minimum absolute atomic E-state index is 0.467. The normalized spacial score (nSPS) is 23.0. The largest absolute Gasteiger partial charge is 0.476 e. The maximum absolute atomic E-state index is 5.97. The summed E-state index contributed by atoms with van der Waals surface area (Å²) in [5.74, 6) is 2.73. The number of aromatic nitrogens is 2. The minimum atomic E-state index is 0.467. The fourth-order valence-electron chi connectivity index (χ4n) is 2.52. The van der Waals surface area contributed by atoms with Crippen molar-refractivity contribution in [2.24, 2.45) is 11.8 Å². The highest BCUT2D eigenvalue weighted by Gasteiger charge is 2.21. The van der Waals surface area contributed by atoms with Gasteiger partial charge in [-0.3, -0.25) is 0 Å². The van der Waals surface area contributed by atoms with E-state index in [9.17, 15) is 0 Å². The predicted molar refractivity (Wildman–Crippen MR) is 72.6 cm³/mol. The number of hydrogen-bond donors (Lipinski definition) is 2. The van der Waals surface area contributed by atoms with Gasteiger partial charge in [0.25, 0.3) is 0 Å². The number of hydrogen-bond acceptors (Lipinski definition) is 5. The molecule has 1 heterocycles. The van der Waals surface area contributed by atoms with Crippen molar-refractivity contribution >= 4 is 11.5 Å². The lowest BCUT2D eigenvalue weighted by Crippen LogP contribution is -2.14. The van der Waals surface area contributed by atoms with Gasteiger partial charge < -0.3 is 15.8 Å². The van der Waals surface area contributed by atoms with Crippen LogP contribution in [0.4, 0.5) is 11.5 Å². The number of nitrogens with zero attached hydrogens (tertiary/aromatic N) is 2. The highest BCUT2D eigenvalue weighted by atomic mass is 16.5. The molecule has 2 atom stereocenters. The van der Waals surface area contributed by atoms with Gasteiger partial charge in [-0.1, -0.05) is 13.3 Å². The van der Waals surface area contributed by atoms with E-state index in [-0.39, 0.29) is 0 Å². The van der Waals surface area contributed by atoms with Gasteiger partial charge in [-0.05, 0) is 31.6 Å². The number of nitrogens with two attached hydrogens (primary N) is 1. The second-order valence-corrected chi connectivity index (χ2v) is 5.04. The first-order chi connectivity index (χ1) is 8.70. The van der Waals surface area contributed by atoms with Crippen LogP contribution in [0.2, 0.25) is 0 Å². The van der Waals surface area contributed by atoms with Gasteiger partial charge in [0, 0.05) is 6.54 Å². The van der Waals surface area contributed by atoms with Gasteiger partial charge in [-0.25, -0.2) is 4.98 Å². The second kappa shape index (κ2) is 5.89. The zero-order valence-corrected chi connectivity index (χ0v) is 11.1. The van der Waals surface area contributed by atoms with Crippen molar-refractivity contribution < 1.29 is 4.74 Å². The molecule has 5 nitrogen and oxygen atoms in total. The lowest BCUT2D eigenvalue weighted by molar-refractivity contribution is 0.328. The lowest BCUT2D eigenvalue weighted by Gasteiger charge is -2.14. The molecule has 2 unspecified atom stereocenters. The Morgan fingerprint density at radius 1 is 1.44 bits per heavy atom. The molecule has 0 bridgehead atoms. The van der Waals surface area contributed by atoms with Crippen LogP contribution in [-0.4, -0.2) is 23.1 Å². The second-order valence-electron chi connectivity index (χ2n) is 5.04. The van der Waals surface area contributed by atoms with Crippen LogP contribution in [0.5, 0.6) is 5.88 Å². The first kappa shape index (κ1) is 12.9. The number of anilines is 2. The van der Waals surface area contributed by atoms with Crippen molar-refractivity contribution in [3.8, 4) is 5.88 Å². The van der Waals surface area contributed by atoms with Gasteiger partial charge in [0.05, 0.1) is 6.61 Å². The molecule has 0 amide bonds. The monoisotopic (exact) mass is 250 g/mol. The lowest BCUT2D eigenvalue weighted by atomic mass is 10.1. The van der Waals surface area contributed by atoms with Gasteiger partial charge in [-0.15, -0.1) is 0 Å². The zero-order valence-electron chi connectivity index (χ0n) is 11.1. The predicted octanol–water partition coefficient (Wildman–Crippen LogP) is 2.31. The molecule has 1 aromatic heterocycles. The summed E-state index contributed by atoms with van der Waals surface area (Å²) in [6.07, 6.45) is 5.39. The molecule has 5 heteroatoms. The maximum atomic E-state index is 5.97. The summed E-state index contributed by atoms with van der Waals surface area (Å²) in [4.78, 5) is 8.20. The van der Waals surface area contributed by atoms with E-state index < -0.39 is 0 Å². The summed E-state index contributed by atoms with van der Waals surface area (Å²) in [5.41, 5.74) is 6.47. The van der Waals surface area contributed by atoms with Crippen LogP contribution in [-0.2, 0) is 0 Å². The Kier molecular flexibility index (Phi) is 4.23. The van der Waals surface area contributed by atoms with Crippen LogP contribution >= 0.6 is 0 Å². The van der Waals surface area contributed by atoms with Crippen molar-refractivity contribution in [1.82, 2.24) is 9.97 Å². The summed E-state index contributed by atoms with van der Waals surface area (Å²) in [6, 6.07) is 0. The average Bonchev–Trinajstić information content (AvgIpc) is 2.77. The van der Waals surface area contributed by atoms with E-state index in [4.69, 9.17) is 10.5 Å². The third-order valence-electron chi connectivity index (χ3n) is 3.49. The first-order valence-electron chi connectivity index (χ1n) is 6.67. The molecule has 0 aromatic carbocycles. The van der Waals surface area contributed by atoms with Gasteiger partial charge in [0.15, 0.2) is 5.82 Å². The highest BCUT2D eigenvalue weighted by molar-refractivity contribution is 5.66. The molecule has 1 saturated carbocycles. The Balaban J connectivity index is 1.94. The van der Waals surface area contributed by atoms with Crippen LogP contribution in [0, 0.1) is 11.8 Å². The van der Waals surface area contributed by atoms with Gasteiger partial charge in [0.1, 0.15) is 12.0 Å². The summed E-state index contributed by atoms with van der Waals surface area (Å²) in [6.45, 7) is 5.71. The quantitative estimate of drug-likeness (QED) is 0.839. The van der Waals surface area contributed by atoms with Crippen molar-refractivity contribution in [2.75, 3.05) is 24.2 Å². The van der Waals surface area contributed by atoms with Crippen molar-refractivity contribution in [3.05, 3.63) is 6.33 Å². The molecule has 1 aliphatic rings. The van der Waals surface area contributed by atoms with E-state index in [1.807, 2.05) is 6.92 Å². The van der Waals surface area contributed by atoms with Crippen LogP contribution in [0.25, 0.3) is 0 Å². The highest BCUT2D eigenvalue weighted by Crippen LogP contribution is 2.31. The van der Waals surface area contributed by atoms with Crippen LogP contribution in [0.1, 0.15) is 33.1 Å². The van der Waals surface area contributed by atoms with E-state index in [2.05, 4.69) is 22.2 Å². The molecule has 100 valence electrons. The maximum Gasteiger partial charge on any atom is 0.242 e. The molecular weight excluding hydrogens is 228 g/mol. The molecule has 1 fully saturated rings. The Hall–Kier alpha value is -1.52. The standard InChI is InChI=1S/C13H22N4O/c1-3-18-13-11(14)12(16-8-17-13)15-7-10-5-4-9(2)6-10/h8-10H,3-7,14H2,1-2H3,(H,15,16,17). The number of nitrogens with one attached hydrogen (secondary N) is 1.